The van der Waals surface area contributed by atoms with Gasteiger partial charge in [-0.25, -0.2) is 13.1 Å². The Kier molecular flexibility index (Phi) is 4.76. The van der Waals surface area contributed by atoms with Crippen LogP contribution in [0.1, 0.15) is 13.3 Å². The van der Waals surface area contributed by atoms with E-state index >= 15 is 0 Å². The zero-order chi connectivity index (χ0) is 13.8. The van der Waals surface area contributed by atoms with E-state index in [-0.39, 0.29) is 11.4 Å². The Balaban J connectivity index is 3.16. The molecule has 100 valence electrons. The summed E-state index contributed by atoms with van der Waals surface area (Å²) in [6, 6.07) is 4.76. The third-order valence-corrected chi connectivity index (χ3v) is 4.02. The van der Waals surface area contributed by atoms with Crippen LogP contribution in [-0.4, -0.2) is 25.9 Å². The fraction of sp³-hybridized carbons (Fsp3) is 0.400. The van der Waals surface area contributed by atoms with Crippen LogP contribution < -0.4 is 10.5 Å². The van der Waals surface area contributed by atoms with Crippen molar-refractivity contribution in [2.75, 3.05) is 6.54 Å². The summed E-state index contributed by atoms with van der Waals surface area (Å²) in [5, 5.41) is 10.8. The lowest BCUT2D eigenvalue weighted by Crippen LogP contribution is -2.39. The predicted octanol–water partition coefficient (Wildman–Crippen LogP) is 0.610. The molecule has 0 saturated heterocycles. The number of nitrogens with two attached hydrogens (primary N) is 1. The van der Waals surface area contributed by atoms with E-state index in [0.29, 0.717) is 6.42 Å². The maximum absolute atomic E-state index is 12.0. The van der Waals surface area contributed by atoms with Crippen molar-refractivity contribution in [2.24, 2.45) is 5.73 Å². The van der Waals surface area contributed by atoms with Crippen LogP contribution in [0.4, 0.5) is 5.69 Å². The first-order chi connectivity index (χ1) is 8.42. The molecule has 1 atom stereocenters. The summed E-state index contributed by atoms with van der Waals surface area (Å²) < 4.78 is 26.4. The van der Waals surface area contributed by atoms with Gasteiger partial charge in [0.1, 0.15) is 0 Å². The summed E-state index contributed by atoms with van der Waals surface area (Å²) in [6.07, 6.45) is 0.510. The fourth-order valence-corrected chi connectivity index (χ4v) is 2.92. The van der Waals surface area contributed by atoms with Crippen molar-refractivity contribution in [3.05, 3.63) is 34.4 Å². The van der Waals surface area contributed by atoms with Gasteiger partial charge >= 0.3 is 0 Å². The second-order valence-electron chi connectivity index (χ2n) is 3.69. The number of hydrogen-bond acceptors (Lipinski definition) is 5. The van der Waals surface area contributed by atoms with Crippen LogP contribution in [0.5, 0.6) is 0 Å². The van der Waals surface area contributed by atoms with Gasteiger partial charge in [0.05, 0.1) is 4.92 Å². The normalized spacial score (nSPS) is 13.2. The molecule has 1 unspecified atom stereocenters. The van der Waals surface area contributed by atoms with Gasteiger partial charge in [0.15, 0.2) is 4.90 Å². The second kappa shape index (κ2) is 5.89. The number of nitro benzene ring substituents is 1. The lowest BCUT2D eigenvalue weighted by Gasteiger charge is -2.14. The van der Waals surface area contributed by atoms with E-state index in [4.69, 9.17) is 5.73 Å². The van der Waals surface area contributed by atoms with Crippen LogP contribution in [0.15, 0.2) is 29.2 Å². The first kappa shape index (κ1) is 14.6. The molecule has 0 spiro atoms. The molecule has 7 nitrogen and oxygen atoms in total. The molecule has 0 fully saturated rings. The molecule has 0 amide bonds. The van der Waals surface area contributed by atoms with Crippen molar-refractivity contribution in [3.63, 3.8) is 0 Å². The van der Waals surface area contributed by atoms with Crippen LogP contribution in [0.2, 0.25) is 0 Å². The number of nitrogens with zero attached hydrogens (tertiary/aromatic N) is 1. The molecule has 0 aliphatic carbocycles. The molecular weight excluding hydrogens is 258 g/mol. The summed E-state index contributed by atoms with van der Waals surface area (Å²) >= 11 is 0. The van der Waals surface area contributed by atoms with E-state index in [1.54, 1.807) is 6.92 Å². The summed E-state index contributed by atoms with van der Waals surface area (Å²) in [7, 11) is -3.93. The minimum Gasteiger partial charge on any atom is -0.329 e. The summed E-state index contributed by atoms with van der Waals surface area (Å²) in [6.45, 7) is 1.91. The number of para-hydroxylation sites is 1. The minimum absolute atomic E-state index is 0.135. The van der Waals surface area contributed by atoms with E-state index in [1.165, 1.54) is 18.2 Å². The lowest BCUT2D eigenvalue weighted by atomic mass is 10.2. The number of nitro groups is 1. The number of hydrogen-bond donors (Lipinski definition) is 2. The van der Waals surface area contributed by atoms with Crippen LogP contribution in [0, 0.1) is 10.1 Å². The number of benzene rings is 1. The van der Waals surface area contributed by atoms with Gasteiger partial charge in [0.2, 0.25) is 10.0 Å². The molecule has 1 aromatic carbocycles. The first-order valence-electron chi connectivity index (χ1n) is 5.38. The van der Waals surface area contributed by atoms with Crippen LogP contribution in [-0.2, 0) is 10.0 Å². The molecule has 8 heteroatoms. The van der Waals surface area contributed by atoms with E-state index in [0.717, 1.165) is 6.07 Å². The highest BCUT2D eigenvalue weighted by Gasteiger charge is 2.26. The molecule has 1 aromatic rings. The quantitative estimate of drug-likeness (QED) is 0.582. The Morgan fingerprint density at radius 1 is 1.44 bits per heavy atom. The van der Waals surface area contributed by atoms with Gasteiger partial charge < -0.3 is 5.73 Å². The van der Waals surface area contributed by atoms with Gasteiger partial charge in [0.25, 0.3) is 5.69 Å². The third-order valence-electron chi connectivity index (χ3n) is 2.45. The molecule has 0 saturated carbocycles. The fourth-order valence-electron chi connectivity index (χ4n) is 1.42. The zero-order valence-electron chi connectivity index (χ0n) is 9.87. The van der Waals surface area contributed by atoms with Gasteiger partial charge in [-0.05, 0) is 12.5 Å². The molecule has 3 N–H and O–H groups in total. The predicted molar refractivity (Wildman–Crippen MR) is 66.6 cm³/mol. The lowest BCUT2D eigenvalue weighted by molar-refractivity contribution is -0.387. The van der Waals surface area contributed by atoms with Crippen LogP contribution in [0.3, 0.4) is 0 Å². The smallest absolute Gasteiger partial charge is 0.289 e. The average Bonchev–Trinajstić information content (AvgIpc) is 2.36. The Bertz CT molecular complexity index is 526. The molecule has 0 aromatic heterocycles. The van der Waals surface area contributed by atoms with Crippen molar-refractivity contribution >= 4 is 15.7 Å². The average molecular weight is 273 g/mol. The highest BCUT2D eigenvalue weighted by Crippen LogP contribution is 2.22. The largest absolute Gasteiger partial charge is 0.329 e. The summed E-state index contributed by atoms with van der Waals surface area (Å²) in [5.41, 5.74) is 4.96. The molecule has 0 aliphatic heterocycles. The standard InChI is InChI=1S/C10H15N3O4S/c1-2-8(7-11)12-18(16,17)10-6-4-3-5-9(10)13(14)15/h3-6,8,12H,2,7,11H2,1H3. The van der Waals surface area contributed by atoms with E-state index < -0.39 is 26.7 Å². The SMILES string of the molecule is CCC(CN)NS(=O)(=O)c1ccccc1[N+](=O)[O-]. The number of rotatable bonds is 6. The maximum Gasteiger partial charge on any atom is 0.289 e. The van der Waals surface area contributed by atoms with Gasteiger partial charge in [-0.2, -0.15) is 0 Å². The van der Waals surface area contributed by atoms with Crippen molar-refractivity contribution in [1.29, 1.82) is 0 Å². The molecule has 0 bridgehead atoms. The molecule has 0 radical (unpaired) electrons. The molecule has 18 heavy (non-hydrogen) atoms. The molecular formula is C10H15N3O4S. The van der Waals surface area contributed by atoms with Gasteiger partial charge in [-0.3, -0.25) is 10.1 Å². The van der Waals surface area contributed by atoms with Crippen LogP contribution in [0.25, 0.3) is 0 Å². The summed E-state index contributed by atoms with van der Waals surface area (Å²) in [4.78, 5) is 9.71. The Morgan fingerprint density at radius 3 is 2.56 bits per heavy atom. The van der Waals surface area contributed by atoms with Gasteiger partial charge in [-0.1, -0.05) is 19.1 Å². The topological polar surface area (TPSA) is 115 Å². The van der Waals surface area contributed by atoms with Crippen molar-refractivity contribution in [3.8, 4) is 0 Å². The Morgan fingerprint density at radius 2 is 2.06 bits per heavy atom. The van der Waals surface area contributed by atoms with E-state index in [1.807, 2.05) is 0 Å². The molecule has 0 heterocycles. The number of nitrogens with one attached hydrogen (secondary N) is 1. The minimum atomic E-state index is -3.93. The Hall–Kier alpha value is -1.51. The van der Waals surface area contributed by atoms with Crippen molar-refractivity contribution in [1.82, 2.24) is 4.72 Å². The van der Waals surface area contributed by atoms with E-state index in [9.17, 15) is 18.5 Å². The first-order valence-corrected chi connectivity index (χ1v) is 6.86. The zero-order valence-corrected chi connectivity index (χ0v) is 10.7. The molecule has 0 aliphatic rings. The summed E-state index contributed by atoms with van der Waals surface area (Å²) in [5.74, 6) is 0. The Labute approximate surface area is 105 Å². The highest BCUT2D eigenvalue weighted by atomic mass is 32.2. The van der Waals surface area contributed by atoms with Gasteiger partial charge in [0, 0.05) is 18.7 Å². The number of sulfonamides is 1. The third kappa shape index (κ3) is 3.25. The van der Waals surface area contributed by atoms with E-state index in [2.05, 4.69) is 4.72 Å². The van der Waals surface area contributed by atoms with Gasteiger partial charge in [-0.15, -0.1) is 0 Å². The van der Waals surface area contributed by atoms with Crippen molar-refractivity contribution < 1.29 is 13.3 Å². The highest BCUT2D eigenvalue weighted by molar-refractivity contribution is 7.89. The van der Waals surface area contributed by atoms with Crippen molar-refractivity contribution in [2.45, 2.75) is 24.3 Å². The monoisotopic (exact) mass is 273 g/mol. The maximum atomic E-state index is 12.0. The van der Waals surface area contributed by atoms with Crippen LogP contribution >= 0.6 is 0 Å². The second-order valence-corrected chi connectivity index (χ2v) is 5.37. The molecule has 1 rings (SSSR count).